The van der Waals surface area contributed by atoms with Gasteiger partial charge in [0.25, 0.3) is 0 Å². The predicted octanol–water partition coefficient (Wildman–Crippen LogP) is 2.84. The van der Waals surface area contributed by atoms with Gasteiger partial charge in [-0.3, -0.25) is 5.32 Å². The first-order valence-corrected chi connectivity index (χ1v) is 6.49. The Balaban J connectivity index is 2.43. The lowest BCUT2D eigenvalue weighted by Crippen LogP contribution is -2.52. The summed E-state index contributed by atoms with van der Waals surface area (Å²) >= 11 is 0. The molecule has 110 valence electrons. The number of hydrogen-bond acceptors (Lipinski definition) is 2. The summed E-state index contributed by atoms with van der Waals surface area (Å²) < 4.78 is 37.4. The van der Waals surface area contributed by atoms with Crippen LogP contribution in [0.5, 0.6) is 0 Å². The number of carboxylic acid groups (broad SMARTS) is 1. The molecule has 0 aliphatic heterocycles. The predicted molar refractivity (Wildman–Crippen MR) is 67.4 cm³/mol. The fourth-order valence-corrected chi connectivity index (χ4v) is 2.73. The van der Waals surface area contributed by atoms with Gasteiger partial charge in [-0.25, -0.2) is 4.79 Å². The van der Waals surface area contributed by atoms with Gasteiger partial charge in [0.2, 0.25) is 0 Å². The summed E-state index contributed by atoms with van der Waals surface area (Å²) in [6, 6.07) is 6.84. The van der Waals surface area contributed by atoms with Gasteiger partial charge in [0.15, 0.2) is 0 Å². The molecule has 0 saturated heterocycles. The Morgan fingerprint density at radius 3 is 2.65 bits per heavy atom. The number of aryl methyl sites for hydroxylation is 1. The average molecular weight is 287 g/mol. The molecule has 1 atom stereocenters. The number of carboxylic acids is 1. The van der Waals surface area contributed by atoms with Crippen molar-refractivity contribution in [3.8, 4) is 0 Å². The van der Waals surface area contributed by atoms with Crippen LogP contribution < -0.4 is 5.32 Å². The van der Waals surface area contributed by atoms with Gasteiger partial charge in [-0.1, -0.05) is 30.7 Å². The van der Waals surface area contributed by atoms with Crippen LogP contribution in [0.4, 0.5) is 13.2 Å². The number of alkyl halides is 3. The first kappa shape index (κ1) is 14.8. The number of halogens is 3. The van der Waals surface area contributed by atoms with Gasteiger partial charge in [-0.2, -0.15) is 13.2 Å². The molecule has 0 bridgehead atoms. The van der Waals surface area contributed by atoms with E-state index in [2.05, 4.69) is 5.32 Å². The van der Waals surface area contributed by atoms with Crippen LogP contribution in [-0.4, -0.2) is 23.8 Å². The molecule has 0 fully saturated rings. The maximum absolute atomic E-state index is 12.5. The quantitative estimate of drug-likeness (QED) is 0.840. The average Bonchev–Trinajstić information content (AvgIpc) is 2.56. The minimum atomic E-state index is -4.44. The van der Waals surface area contributed by atoms with Crippen LogP contribution in [0.15, 0.2) is 24.3 Å². The summed E-state index contributed by atoms with van der Waals surface area (Å²) in [6.45, 7) is -1.31. The second-order valence-corrected chi connectivity index (χ2v) is 5.04. The molecule has 1 aromatic carbocycles. The molecule has 0 radical (unpaired) electrons. The number of fused-ring (bicyclic) bond motifs is 1. The molecule has 0 aromatic heterocycles. The molecule has 1 aliphatic rings. The minimum absolute atomic E-state index is 0.162. The van der Waals surface area contributed by atoms with Crippen LogP contribution in [0.1, 0.15) is 30.4 Å². The summed E-state index contributed by atoms with van der Waals surface area (Å²) in [7, 11) is 0. The van der Waals surface area contributed by atoms with Crippen LogP contribution in [0.2, 0.25) is 0 Å². The van der Waals surface area contributed by atoms with Gasteiger partial charge in [-0.15, -0.1) is 0 Å². The van der Waals surface area contributed by atoms with E-state index in [1.54, 1.807) is 24.3 Å². The van der Waals surface area contributed by atoms with Crippen molar-refractivity contribution in [3.63, 3.8) is 0 Å². The summed E-state index contributed by atoms with van der Waals surface area (Å²) in [5.41, 5.74) is -0.390. The zero-order valence-corrected chi connectivity index (χ0v) is 10.8. The molecule has 1 unspecified atom stereocenters. The Kier molecular flexibility index (Phi) is 4.04. The molecule has 1 aliphatic carbocycles. The van der Waals surface area contributed by atoms with Crippen molar-refractivity contribution in [1.29, 1.82) is 0 Å². The molecule has 1 aromatic rings. The molecule has 0 spiro atoms. The van der Waals surface area contributed by atoms with E-state index in [-0.39, 0.29) is 6.42 Å². The van der Waals surface area contributed by atoms with E-state index in [9.17, 15) is 23.1 Å². The second kappa shape index (κ2) is 5.44. The van der Waals surface area contributed by atoms with Crippen molar-refractivity contribution < 1.29 is 23.1 Å². The smallest absolute Gasteiger partial charge is 0.401 e. The van der Waals surface area contributed by atoms with Crippen molar-refractivity contribution in [1.82, 2.24) is 5.32 Å². The van der Waals surface area contributed by atoms with Crippen molar-refractivity contribution >= 4 is 5.97 Å². The third kappa shape index (κ3) is 2.95. The third-order valence-corrected chi connectivity index (χ3v) is 3.68. The summed E-state index contributed by atoms with van der Waals surface area (Å²) in [5, 5.41) is 11.8. The van der Waals surface area contributed by atoms with Crippen LogP contribution in [0.25, 0.3) is 0 Å². The first-order chi connectivity index (χ1) is 9.35. The minimum Gasteiger partial charge on any atom is -0.480 e. The Morgan fingerprint density at radius 1 is 1.30 bits per heavy atom. The molecular weight excluding hydrogens is 271 g/mol. The van der Waals surface area contributed by atoms with E-state index in [1.165, 1.54) is 0 Å². The maximum Gasteiger partial charge on any atom is 0.401 e. The fourth-order valence-electron chi connectivity index (χ4n) is 2.73. The van der Waals surface area contributed by atoms with Crippen molar-refractivity contribution in [3.05, 3.63) is 35.4 Å². The van der Waals surface area contributed by atoms with Gasteiger partial charge in [0, 0.05) is 0 Å². The van der Waals surface area contributed by atoms with Crippen LogP contribution >= 0.6 is 0 Å². The Labute approximate surface area is 114 Å². The normalized spacial score (nSPS) is 22.9. The second-order valence-electron chi connectivity index (χ2n) is 5.04. The van der Waals surface area contributed by atoms with Gasteiger partial charge in [-0.05, 0) is 30.4 Å². The van der Waals surface area contributed by atoms with Crippen molar-refractivity contribution in [2.45, 2.75) is 37.4 Å². The van der Waals surface area contributed by atoms with E-state index in [4.69, 9.17) is 0 Å². The third-order valence-electron chi connectivity index (χ3n) is 3.68. The highest BCUT2D eigenvalue weighted by molar-refractivity contribution is 5.81. The first-order valence-electron chi connectivity index (χ1n) is 6.49. The molecule has 2 N–H and O–H groups in total. The number of benzene rings is 1. The Hall–Kier alpha value is -1.56. The lowest BCUT2D eigenvalue weighted by Gasteiger charge is -2.32. The maximum atomic E-state index is 12.5. The molecule has 0 saturated carbocycles. The molecule has 2 rings (SSSR count). The summed E-state index contributed by atoms with van der Waals surface area (Å²) in [5.74, 6) is -1.25. The van der Waals surface area contributed by atoms with Gasteiger partial charge < -0.3 is 5.11 Å². The standard InChI is InChI=1S/C14H16F3NO2/c15-14(16,17)9-18-13(12(19)20)8-4-3-6-10-5-1-2-7-11(10)13/h1-2,5,7,18H,3-4,6,8-9H2,(H,19,20). The van der Waals surface area contributed by atoms with Crippen molar-refractivity contribution in [2.24, 2.45) is 0 Å². The Bertz CT molecular complexity index is 501. The largest absolute Gasteiger partial charge is 0.480 e. The van der Waals surface area contributed by atoms with Crippen LogP contribution in [-0.2, 0) is 16.8 Å². The molecule has 6 heteroatoms. The highest BCUT2D eigenvalue weighted by Crippen LogP contribution is 2.35. The SMILES string of the molecule is O=C(O)C1(NCC(F)(F)F)CCCCc2ccccc21. The van der Waals surface area contributed by atoms with E-state index in [0.29, 0.717) is 18.4 Å². The number of carbonyl (C=O) groups is 1. The van der Waals surface area contributed by atoms with Crippen LogP contribution in [0.3, 0.4) is 0 Å². The van der Waals surface area contributed by atoms with E-state index >= 15 is 0 Å². The van der Waals surface area contributed by atoms with Crippen LogP contribution in [0, 0.1) is 0 Å². The highest BCUT2D eigenvalue weighted by Gasteiger charge is 2.44. The van der Waals surface area contributed by atoms with E-state index in [1.807, 2.05) is 0 Å². The number of rotatable bonds is 3. The monoisotopic (exact) mass is 287 g/mol. The lowest BCUT2D eigenvalue weighted by molar-refractivity contribution is -0.151. The van der Waals surface area contributed by atoms with E-state index in [0.717, 1.165) is 12.0 Å². The molecule has 3 nitrogen and oxygen atoms in total. The highest BCUT2D eigenvalue weighted by atomic mass is 19.4. The molecule has 0 heterocycles. The molecular formula is C14H16F3NO2. The number of aliphatic carboxylic acids is 1. The van der Waals surface area contributed by atoms with Crippen molar-refractivity contribution in [2.75, 3.05) is 6.54 Å². The van der Waals surface area contributed by atoms with Gasteiger partial charge in [0.05, 0.1) is 6.54 Å². The topological polar surface area (TPSA) is 49.3 Å². The summed E-state index contributed by atoms with van der Waals surface area (Å²) in [4.78, 5) is 11.7. The number of hydrogen-bond donors (Lipinski definition) is 2. The zero-order valence-electron chi connectivity index (χ0n) is 10.8. The van der Waals surface area contributed by atoms with E-state index < -0.39 is 24.2 Å². The van der Waals surface area contributed by atoms with Gasteiger partial charge in [0.1, 0.15) is 5.54 Å². The molecule has 0 amide bonds. The molecule has 20 heavy (non-hydrogen) atoms. The van der Waals surface area contributed by atoms with Gasteiger partial charge >= 0.3 is 12.1 Å². The zero-order chi connectivity index (χ0) is 14.8. The lowest BCUT2D eigenvalue weighted by atomic mass is 9.84. The number of nitrogens with one attached hydrogen (secondary N) is 1. The Morgan fingerprint density at radius 2 is 2.00 bits per heavy atom. The fraction of sp³-hybridized carbons (Fsp3) is 0.500. The summed E-state index contributed by atoms with van der Waals surface area (Å²) in [6.07, 6.45) is -2.23.